The lowest BCUT2D eigenvalue weighted by atomic mass is 10.1. The summed E-state index contributed by atoms with van der Waals surface area (Å²) in [4.78, 5) is 29.8. The van der Waals surface area contributed by atoms with Crippen LogP contribution in [0.25, 0.3) is 0 Å². The van der Waals surface area contributed by atoms with Crippen molar-refractivity contribution in [1.82, 2.24) is 9.80 Å². The van der Waals surface area contributed by atoms with Crippen molar-refractivity contribution in [2.45, 2.75) is 38.2 Å². The van der Waals surface area contributed by atoms with Crippen LogP contribution in [0.1, 0.15) is 29.7 Å². The van der Waals surface area contributed by atoms with E-state index in [1.54, 1.807) is 29.2 Å². The Morgan fingerprint density at radius 1 is 0.975 bits per heavy atom. The topological polar surface area (TPSA) is 93.5 Å². The molecular weight excluding hydrogens is 531 g/mol. The number of carbonyl (C=O) groups is 2. The molecule has 1 atom stereocenters. The highest BCUT2D eigenvalue weighted by atomic mass is 19.4. The number of alkyl halides is 3. The fourth-order valence-electron chi connectivity index (χ4n) is 4.54. The van der Waals surface area contributed by atoms with E-state index in [4.69, 9.17) is 18.6 Å². The van der Waals surface area contributed by atoms with E-state index < -0.39 is 17.8 Å². The second-order valence-corrected chi connectivity index (χ2v) is 9.54. The van der Waals surface area contributed by atoms with Crippen LogP contribution in [0, 0.1) is 0 Å². The van der Waals surface area contributed by atoms with E-state index in [0.717, 1.165) is 30.5 Å². The maximum absolute atomic E-state index is 13.6. The van der Waals surface area contributed by atoms with Gasteiger partial charge in [-0.05, 0) is 66.9 Å². The Morgan fingerprint density at radius 3 is 2.48 bits per heavy atom. The van der Waals surface area contributed by atoms with Crippen LogP contribution >= 0.6 is 0 Å². The van der Waals surface area contributed by atoms with Gasteiger partial charge in [-0.15, -0.1) is 0 Å². The van der Waals surface area contributed by atoms with Gasteiger partial charge in [0, 0.05) is 25.4 Å². The van der Waals surface area contributed by atoms with E-state index in [2.05, 4.69) is 5.32 Å². The molecule has 0 spiro atoms. The lowest BCUT2D eigenvalue weighted by molar-refractivity contribution is -0.137. The van der Waals surface area contributed by atoms with Gasteiger partial charge < -0.3 is 33.7 Å². The maximum Gasteiger partial charge on any atom is 0.416 e. The zero-order valence-corrected chi connectivity index (χ0v) is 21.5. The molecule has 2 aromatic carbocycles. The Bertz CT molecular complexity index is 1310. The van der Waals surface area contributed by atoms with Crippen LogP contribution in [0.3, 0.4) is 0 Å². The summed E-state index contributed by atoms with van der Waals surface area (Å²) in [5.41, 5.74) is 0.147. The molecule has 2 aliphatic heterocycles. The number of anilines is 1. The molecular formula is C28H28F3N3O6. The van der Waals surface area contributed by atoms with Crippen LogP contribution in [-0.4, -0.2) is 54.3 Å². The molecule has 9 nitrogen and oxygen atoms in total. The Balaban J connectivity index is 1.32. The minimum Gasteiger partial charge on any atom is -0.467 e. The summed E-state index contributed by atoms with van der Waals surface area (Å²) < 4.78 is 60.8. The predicted octanol–water partition coefficient (Wildman–Crippen LogP) is 5.27. The molecule has 3 amide bonds. The van der Waals surface area contributed by atoms with Gasteiger partial charge in [0.25, 0.3) is 0 Å². The van der Waals surface area contributed by atoms with E-state index >= 15 is 0 Å². The van der Waals surface area contributed by atoms with Crippen LogP contribution in [-0.2, 0) is 28.8 Å². The number of rotatable bonds is 9. The fourth-order valence-corrected chi connectivity index (χ4v) is 4.54. The molecule has 12 heteroatoms. The number of halogens is 3. The molecule has 1 saturated heterocycles. The summed E-state index contributed by atoms with van der Waals surface area (Å²) in [6.45, 7) is 0.926. The van der Waals surface area contributed by atoms with Gasteiger partial charge in [-0.1, -0.05) is 6.07 Å². The first-order valence-electron chi connectivity index (χ1n) is 12.8. The normalized spacial score (nSPS) is 16.1. The van der Waals surface area contributed by atoms with Gasteiger partial charge in [-0.25, -0.2) is 4.79 Å². The zero-order chi connectivity index (χ0) is 28.1. The Kier molecular flexibility index (Phi) is 8.15. The number of ether oxygens (including phenoxy) is 3. The number of hydrogen-bond donors (Lipinski definition) is 1. The lowest BCUT2D eigenvalue weighted by Crippen LogP contribution is -2.46. The Hall–Kier alpha value is -4.19. The lowest BCUT2D eigenvalue weighted by Gasteiger charge is -2.29. The van der Waals surface area contributed by atoms with Crippen molar-refractivity contribution in [1.29, 1.82) is 0 Å². The van der Waals surface area contributed by atoms with Gasteiger partial charge in [-0.3, -0.25) is 4.79 Å². The van der Waals surface area contributed by atoms with E-state index in [1.807, 2.05) is 6.07 Å². The smallest absolute Gasteiger partial charge is 0.416 e. The number of furan rings is 1. The first-order valence-corrected chi connectivity index (χ1v) is 12.8. The van der Waals surface area contributed by atoms with Crippen molar-refractivity contribution in [2.75, 3.05) is 31.8 Å². The van der Waals surface area contributed by atoms with E-state index in [-0.39, 0.29) is 50.7 Å². The summed E-state index contributed by atoms with van der Waals surface area (Å²) in [6, 6.07) is 12.4. The molecule has 1 fully saturated rings. The van der Waals surface area contributed by atoms with E-state index in [1.165, 1.54) is 23.3 Å². The number of nitrogens with zero attached hydrogens (tertiary/aromatic N) is 2. The summed E-state index contributed by atoms with van der Waals surface area (Å²) in [6.07, 6.45) is -1.66. The molecule has 1 aromatic heterocycles. The number of nitrogens with one attached hydrogen (secondary N) is 1. The maximum atomic E-state index is 13.6. The second-order valence-electron chi connectivity index (χ2n) is 9.54. The molecule has 0 radical (unpaired) electrons. The molecule has 1 unspecified atom stereocenters. The fraction of sp³-hybridized carbons (Fsp3) is 0.357. The van der Waals surface area contributed by atoms with Crippen LogP contribution in [0.2, 0.25) is 0 Å². The van der Waals surface area contributed by atoms with Crippen LogP contribution < -0.4 is 14.8 Å². The van der Waals surface area contributed by atoms with Crippen molar-refractivity contribution in [2.24, 2.45) is 0 Å². The quantitative estimate of drug-likeness (QED) is 0.384. The van der Waals surface area contributed by atoms with Crippen molar-refractivity contribution in [3.63, 3.8) is 0 Å². The van der Waals surface area contributed by atoms with Crippen molar-refractivity contribution in [3.05, 3.63) is 77.7 Å². The summed E-state index contributed by atoms with van der Waals surface area (Å²) in [5.74, 6) is 1.41. The Morgan fingerprint density at radius 2 is 1.77 bits per heavy atom. The van der Waals surface area contributed by atoms with Gasteiger partial charge in [0.05, 0.1) is 24.5 Å². The third kappa shape index (κ3) is 6.87. The summed E-state index contributed by atoms with van der Waals surface area (Å²) >= 11 is 0. The third-order valence-electron chi connectivity index (χ3n) is 6.61. The van der Waals surface area contributed by atoms with Gasteiger partial charge >= 0.3 is 12.2 Å². The van der Waals surface area contributed by atoms with Crippen molar-refractivity contribution in [3.8, 4) is 11.5 Å². The first kappa shape index (κ1) is 27.4. The second kappa shape index (κ2) is 11.9. The molecule has 0 bridgehead atoms. The van der Waals surface area contributed by atoms with Gasteiger partial charge in [-0.2, -0.15) is 13.2 Å². The number of amides is 3. The van der Waals surface area contributed by atoms with E-state index in [9.17, 15) is 22.8 Å². The van der Waals surface area contributed by atoms with Gasteiger partial charge in [0.2, 0.25) is 12.7 Å². The highest BCUT2D eigenvalue weighted by molar-refractivity contribution is 5.92. The first-order chi connectivity index (χ1) is 19.2. The average Bonchev–Trinajstić information content (AvgIpc) is 3.71. The molecule has 0 saturated carbocycles. The number of benzene rings is 2. The molecule has 40 heavy (non-hydrogen) atoms. The third-order valence-corrected chi connectivity index (χ3v) is 6.61. The molecule has 1 N–H and O–H groups in total. The largest absolute Gasteiger partial charge is 0.467 e. The molecule has 5 rings (SSSR count). The minimum absolute atomic E-state index is 0.125. The molecule has 212 valence electrons. The monoisotopic (exact) mass is 559 g/mol. The average molecular weight is 560 g/mol. The summed E-state index contributed by atoms with van der Waals surface area (Å²) in [5, 5.41) is 2.61. The number of fused-ring (bicyclic) bond motifs is 1. The number of carbonyl (C=O) groups excluding carboxylic acids is 2. The highest BCUT2D eigenvalue weighted by Gasteiger charge is 2.31. The van der Waals surface area contributed by atoms with Crippen LogP contribution in [0.15, 0.2) is 65.3 Å². The highest BCUT2D eigenvalue weighted by Crippen LogP contribution is 2.33. The van der Waals surface area contributed by atoms with Crippen molar-refractivity contribution < 1.29 is 41.4 Å². The molecule has 0 aliphatic carbocycles. The zero-order valence-electron chi connectivity index (χ0n) is 21.5. The molecule has 3 aromatic rings. The van der Waals surface area contributed by atoms with Gasteiger partial charge in [0.1, 0.15) is 12.3 Å². The number of hydrogen-bond acceptors (Lipinski definition) is 6. The van der Waals surface area contributed by atoms with Crippen LogP contribution in [0.4, 0.5) is 23.7 Å². The Labute approximate surface area is 228 Å². The standard InChI is InChI=1S/C28H28F3N3O6/c29-28(30,31)20-6-8-21(9-7-20)32-27(36)34(16-23-4-2-12-38-23)17-26(35)33(15-22-3-1-11-37-22)14-19-5-10-24-25(13-19)40-18-39-24/h1,3,5-11,13,23H,2,4,12,14-18H2,(H,32,36). The van der Waals surface area contributed by atoms with Gasteiger partial charge in [0.15, 0.2) is 11.5 Å². The van der Waals surface area contributed by atoms with Crippen molar-refractivity contribution >= 4 is 17.6 Å². The minimum atomic E-state index is -4.49. The summed E-state index contributed by atoms with van der Waals surface area (Å²) in [7, 11) is 0. The molecule has 3 heterocycles. The molecule has 2 aliphatic rings. The van der Waals surface area contributed by atoms with E-state index in [0.29, 0.717) is 23.9 Å². The van der Waals surface area contributed by atoms with Crippen LogP contribution in [0.5, 0.6) is 11.5 Å². The number of urea groups is 1. The SMILES string of the molecule is O=C(CN(CC1CCCO1)C(=O)Nc1ccc(C(F)(F)F)cc1)N(Cc1ccc2c(c1)OCO2)Cc1ccco1. The predicted molar refractivity (Wildman–Crippen MR) is 137 cm³/mol.